The second kappa shape index (κ2) is 9.01. The van der Waals surface area contributed by atoms with Crippen LogP contribution in [0.15, 0.2) is 78.9 Å². The number of amides is 2. The van der Waals surface area contributed by atoms with Crippen molar-refractivity contribution >= 4 is 28.9 Å². The van der Waals surface area contributed by atoms with Gasteiger partial charge in [0.1, 0.15) is 5.69 Å². The summed E-state index contributed by atoms with van der Waals surface area (Å²) < 4.78 is 0. The van der Waals surface area contributed by atoms with Gasteiger partial charge in [0, 0.05) is 25.6 Å². The number of carbonyl (C=O) groups is 2. The minimum Gasteiger partial charge on any atom is -0.362 e. The van der Waals surface area contributed by atoms with Gasteiger partial charge in [-0.1, -0.05) is 60.7 Å². The summed E-state index contributed by atoms with van der Waals surface area (Å²) in [6.07, 6.45) is 0.0491. The molecule has 1 aliphatic heterocycles. The van der Waals surface area contributed by atoms with E-state index in [1.807, 2.05) is 72.5 Å². The first-order valence-electron chi connectivity index (χ1n) is 10.5. The highest BCUT2D eigenvalue weighted by atomic mass is 16.6. The Labute approximate surface area is 186 Å². The number of benzene rings is 3. The number of carbonyl (C=O) groups excluding carboxylic acids is 2. The van der Waals surface area contributed by atoms with E-state index in [0.29, 0.717) is 18.8 Å². The van der Waals surface area contributed by atoms with Crippen LogP contribution in [0.3, 0.4) is 0 Å². The van der Waals surface area contributed by atoms with Gasteiger partial charge in [-0.25, -0.2) is 4.90 Å². The Bertz CT molecular complexity index is 1150. The molecular formula is C25H23N3O4. The fourth-order valence-electron chi connectivity index (χ4n) is 4.08. The molecule has 0 saturated carbocycles. The van der Waals surface area contributed by atoms with Crippen molar-refractivity contribution in [1.82, 2.24) is 0 Å². The van der Waals surface area contributed by atoms with Gasteiger partial charge in [-0.2, -0.15) is 0 Å². The van der Waals surface area contributed by atoms with Crippen LogP contribution in [0.4, 0.5) is 17.1 Å². The third-order valence-corrected chi connectivity index (χ3v) is 5.70. The summed E-state index contributed by atoms with van der Waals surface area (Å²) >= 11 is 0. The van der Waals surface area contributed by atoms with Crippen LogP contribution in [0, 0.1) is 10.1 Å². The third kappa shape index (κ3) is 4.09. The standard InChI is InChI=1S/C25H23N3O4/c1-2-26(17-18-9-5-3-6-10-18)22-14-13-20(15-23(22)28(31)32)27-24(29)16-21(25(27)30)19-11-7-4-8-12-19/h3-15,21H,2,16-17H2,1H3. The zero-order valence-electron chi connectivity index (χ0n) is 17.7. The number of rotatable bonds is 7. The monoisotopic (exact) mass is 429 g/mol. The number of nitrogens with zero attached hydrogens (tertiary/aromatic N) is 3. The van der Waals surface area contributed by atoms with Crippen molar-refractivity contribution in [1.29, 1.82) is 0 Å². The molecule has 32 heavy (non-hydrogen) atoms. The second-order valence-electron chi connectivity index (χ2n) is 7.66. The fraction of sp³-hybridized carbons (Fsp3) is 0.200. The van der Waals surface area contributed by atoms with Crippen molar-refractivity contribution in [3.8, 4) is 0 Å². The Morgan fingerprint density at radius 3 is 2.28 bits per heavy atom. The molecule has 4 rings (SSSR count). The molecule has 1 saturated heterocycles. The van der Waals surface area contributed by atoms with Crippen molar-refractivity contribution in [3.63, 3.8) is 0 Å². The molecule has 0 aromatic heterocycles. The van der Waals surface area contributed by atoms with Crippen LogP contribution in [-0.4, -0.2) is 23.3 Å². The summed E-state index contributed by atoms with van der Waals surface area (Å²) in [7, 11) is 0. The number of nitro groups is 1. The predicted molar refractivity (Wildman–Crippen MR) is 123 cm³/mol. The van der Waals surface area contributed by atoms with Gasteiger partial charge in [0.25, 0.3) is 5.69 Å². The van der Waals surface area contributed by atoms with Gasteiger partial charge in [-0.05, 0) is 30.2 Å². The Morgan fingerprint density at radius 2 is 1.66 bits per heavy atom. The molecule has 7 heteroatoms. The highest BCUT2D eigenvalue weighted by Crippen LogP contribution is 2.38. The van der Waals surface area contributed by atoms with E-state index in [4.69, 9.17) is 0 Å². The Morgan fingerprint density at radius 1 is 1.00 bits per heavy atom. The van der Waals surface area contributed by atoms with Crippen LogP contribution in [-0.2, 0) is 16.1 Å². The van der Waals surface area contributed by atoms with Crippen molar-refractivity contribution in [2.24, 2.45) is 0 Å². The lowest BCUT2D eigenvalue weighted by molar-refractivity contribution is -0.384. The first-order valence-corrected chi connectivity index (χ1v) is 10.5. The number of imide groups is 1. The maximum atomic E-state index is 13.0. The largest absolute Gasteiger partial charge is 0.362 e. The third-order valence-electron chi connectivity index (χ3n) is 5.70. The normalized spacial score (nSPS) is 15.8. The van der Waals surface area contributed by atoms with Gasteiger partial charge in [0.15, 0.2) is 0 Å². The number of hydrogen-bond acceptors (Lipinski definition) is 5. The molecule has 0 bridgehead atoms. The van der Waals surface area contributed by atoms with Crippen LogP contribution in [0.25, 0.3) is 0 Å². The van der Waals surface area contributed by atoms with E-state index in [1.54, 1.807) is 12.1 Å². The summed E-state index contributed by atoms with van der Waals surface area (Å²) in [5.74, 6) is -1.30. The summed E-state index contributed by atoms with van der Waals surface area (Å²) in [5, 5.41) is 11.9. The zero-order chi connectivity index (χ0) is 22.7. The second-order valence-corrected chi connectivity index (χ2v) is 7.66. The molecule has 0 radical (unpaired) electrons. The van der Waals surface area contributed by atoms with E-state index in [-0.39, 0.29) is 29.6 Å². The van der Waals surface area contributed by atoms with Crippen molar-refractivity contribution in [2.45, 2.75) is 25.8 Å². The van der Waals surface area contributed by atoms with Gasteiger partial charge in [-0.15, -0.1) is 0 Å². The van der Waals surface area contributed by atoms with E-state index in [2.05, 4.69) is 0 Å². The van der Waals surface area contributed by atoms with Gasteiger partial charge in [-0.3, -0.25) is 19.7 Å². The van der Waals surface area contributed by atoms with Crippen LogP contribution >= 0.6 is 0 Å². The molecule has 1 atom stereocenters. The maximum Gasteiger partial charge on any atom is 0.294 e. The highest BCUT2D eigenvalue weighted by molar-refractivity contribution is 6.22. The van der Waals surface area contributed by atoms with Crippen LogP contribution < -0.4 is 9.80 Å². The molecule has 1 aliphatic rings. The average Bonchev–Trinajstić information content (AvgIpc) is 3.12. The van der Waals surface area contributed by atoms with Crippen LogP contribution in [0.1, 0.15) is 30.4 Å². The van der Waals surface area contributed by atoms with Crippen molar-refractivity contribution in [3.05, 3.63) is 100 Å². The van der Waals surface area contributed by atoms with Gasteiger partial charge >= 0.3 is 0 Å². The molecule has 1 heterocycles. The van der Waals surface area contributed by atoms with E-state index in [9.17, 15) is 19.7 Å². The quantitative estimate of drug-likeness (QED) is 0.310. The molecule has 7 nitrogen and oxygen atoms in total. The van der Waals surface area contributed by atoms with Crippen molar-refractivity contribution in [2.75, 3.05) is 16.3 Å². The first-order chi connectivity index (χ1) is 15.5. The zero-order valence-corrected chi connectivity index (χ0v) is 17.7. The van der Waals surface area contributed by atoms with Gasteiger partial charge < -0.3 is 4.90 Å². The van der Waals surface area contributed by atoms with E-state index in [0.717, 1.165) is 16.0 Å². The molecule has 0 N–H and O–H groups in total. The fourth-order valence-corrected chi connectivity index (χ4v) is 4.08. The molecule has 1 unspecified atom stereocenters. The first kappa shape index (κ1) is 21.2. The molecule has 162 valence electrons. The Kier molecular flexibility index (Phi) is 5.98. The molecule has 1 fully saturated rings. The van der Waals surface area contributed by atoms with Crippen molar-refractivity contribution < 1.29 is 14.5 Å². The lowest BCUT2D eigenvalue weighted by Crippen LogP contribution is -2.30. The topological polar surface area (TPSA) is 83.8 Å². The van der Waals surface area contributed by atoms with Crippen LogP contribution in [0.5, 0.6) is 0 Å². The summed E-state index contributed by atoms with van der Waals surface area (Å²) in [5.41, 5.74) is 2.33. The summed E-state index contributed by atoms with van der Waals surface area (Å²) in [4.78, 5) is 40.1. The van der Waals surface area contributed by atoms with E-state index >= 15 is 0 Å². The van der Waals surface area contributed by atoms with E-state index < -0.39 is 10.8 Å². The molecule has 0 spiro atoms. The number of hydrogen-bond donors (Lipinski definition) is 0. The Hall–Kier alpha value is -4.00. The van der Waals surface area contributed by atoms with Gasteiger partial charge in [0.2, 0.25) is 11.8 Å². The lowest BCUT2D eigenvalue weighted by Gasteiger charge is -2.24. The minimum absolute atomic E-state index is 0.0491. The number of anilines is 2. The average molecular weight is 429 g/mol. The molecular weight excluding hydrogens is 406 g/mol. The molecule has 3 aromatic rings. The number of nitro benzene ring substituents is 1. The smallest absolute Gasteiger partial charge is 0.294 e. The molecule has 0 aliphatic carbocycles. The lowest BCUT2D eigenvalue weighted by atomic mass is 9.98. The summed E-state index contributed by atoms with van der Waals surface area (Å²) in [6.45, 7) is 3.00. The molecule has 3 aromatic carbocycles. The minimum atomic E-state index is -0.576. The predicted octanol–water partition coefficient (Wildman–Crippen LogP) is 4.67. The SMILES string of the molecule is CCN(Cc1ccccc1)c1ccc(N2C(=O)CC(c3ccccc3)C2=O)cc1[N+](=O)[O-]. The maximum absolute atomic E-state index is 13.0. The van der Waals surface area contributed by atoms with E-state index in [1.165, 1.54) is 6.07 Å². The Balaban J connectivity index is 1.66. The summed E-state index contributed by atoms with van der Waals surface area (Å²) in [6, 6.07) is 23.4. The highest BCUT2D eigenvalue weighted by Gasteiger charge is 2.41. The molecule has 2 amide bonds. The van der Waals surface area contributed by atoms with Gasteiger partial charge in [0.05, 0.1) is 16.5 Å². The van der Waals surface area contributed by atoms with Crippen LogP contribution in [0.2, 0.25) is 0 Å².